The lowest BCUT2D eigenvalue weighted by atomic mass is 10.3. The molecule has 0 atom stereocenters. The molecule has 0 aliphatic carbocycles. The number of ether oxygens (including phenoxy) is 3. The molecule has 0 radical (unpaired) electrons. The molecule has 0 bridgehead atoms. The number of rotatable bonds is 12. The molecule has 9 heteroatoms. The summed E-state index contributed by atoms with van der Waals surface area (Å²) in [5, 5.41) is 10.2. The summed E-state index contributed by atoms with van der Waals surface area (Å²) in [6.07, 6.45) is 0. The molecule has 170 valence electrons. The van der Waals surface area contributed by atoms with Gasteiger partial charge in [-0.15, -0.1) is 0 Å². The Hall–Kier alpha value is -0.360. The summed E-state index contributed by atoms with van der Waals surface area (Å²) in [4.78, 5) is 7.29. The van der Waals surface area contributed by atoms with E-state index in [9.17, 15) is 0 Å². The van der Waals surface area contributed by atoms with Crippen LogP contribution in [0.5, 0.6) is 0 Å². The highest BCUT2D eigenvalue weighted by Crippen LogP contribution is 2.15. The summed E-state index contributed by atoms with van der Waals surface area (Å²) >= 11 is 0. The second-order valence-electron chi connectivity index (χ2n) is 8.18. The SMILES string of the molecule is CC(OCCN1CCNCC1)(OCCN1CCNCC1)OCCN1CCNCC1. The van der Waals surface area contributed by atoms with E-state index in [0.717, 1.165) is 98.2 Å². The van der Waals surface area contributed by atoms with Gasteiger partial charge in [0.25, 0.3) is 5.97 Å². The molecular weight excluding hydrogens is 372 g/mol. The van der Waals surface area contributed by atoms with Crippen LogP contribution in [0.3, 0.4) is 0 Å². The maximum absolute atomic E-state index is 6.14. The number of nitrogens with one attached hydrogen (secondary N) is 3. The summed E-state index contributed by atoms with van der Waals surface area (Å²) in [7, 11) is 0. The van der Waals surface area contributed by atoms with E-state index in [4.69, 9.17) is 14.2 Å². The summed E-state index contributed by atoms with van der Waals surface area (Å²) < 4.78 is 18.4. The molecule has 0 aromatic carbocycles. The van der Waals surface area contributed by atoms with Crippen molar-refractivity contribution < 1.29 is 14.2 Å². The van der Waals surface area contributed by atoms with Crippen molar-refractivity contribution in [2.75, 3.05) is 118 Å². The van der Waals surface area contributed by atoms with Crippen LogP contribution in [-0.4, -0.2) is 139 Å². The first kappa shape index (κ1) is 23.3. The third-order valence-electron chi connectivity index (χ3n) is 5.94. The van der Waals surface area contributed by atoms with Crippen molar-refractivity contribution in [3.05, 3.63) is 0 Å². The summed E-state index contributed by atoms with van der Waals surface area (Å²) in [5.41, 5.74) is 0. The third kappa shape index (κ3) is 9.12. The quantitative estimate of drug-likeness (QED) is 0.328. The van der Waals surface area contributed by atoms with Crippen molar-refractivity contribution in [2.24, 2.45) is 0 Å². The van der Waals surface area contributed by atoms with Gasteiger partial charge in [0.05, 0.1) is 19.8 Å². The van der Waals surface area contributed by atoms with Crippen LogP contribution in [0.4, 0.5) is 0 Å². The van der Waals surface area contributed by atoms with Crippen molar-refractivity contribution in [2.45, 2.75) is 12.9 Å². The van der Waals surface area contributed by atoms with E-state index in [1.807, 2.05) is 6.92 Å². The molecule has 0 spiro atoms. The van der Waals surface area contributed by atoms with Crippen molar-refractivity contribution in [3.8, 4) is 0 Å². The second kappa shape index (κ2) is 13.1. The van der Waals surface area contributed by atoms with E-state index in [-0.39, 0.29) is 0 Å². The van der Waals surface area contributed by atoms with E-state index in [0.29, 0.717) is 19.8 Å². The molecule has 3 aliphatic rings. The lowest BCUT2D eigenvalue weighted by molar-refractivity contribution is -0.371. The molecule has 0 aromatic heterocycles. The maximum Gasteiger partial charge on any atom is 0.280 e. The van der Waals surface area contributed by atoms with Gasteiger partial charge in [0.2, 0.25) is 0 Å². The number of hydrogen-bond acceptors (Lipinski definition) is 9. The van der Waals surface area contributed by atoms with E-state index in [1.54, 1.807) is 0 Å². The minimum Gasteiger partial charge on any atom is -0.326 e. The molecule has 3 saturated heterocycles. The molecule has 29 heavy (non-hydrogen) atoms. The van der Waals surface area contributed by atoms with Gasteiger partial charge in [0.15, 0.2) is 0 Å². The van der Waals surface area contributed by atoms with Gasteiger partial charge in [-0.05, 0) is 0 Å². The first-order valence-electron chi connectivity index (χ1n) is 11.4. The number of nitrogens with zero attached hydrogens (tertiary/aromatic N) is 3. The minimum atomic E-state index is -0.976. The van der Waals surface area contributed by atoms with Gasteiger partial charge in [-0.1, -0.05) is 0 Å². The summed E-state index contributed by atoms with van der Waals surface area (Å²) in [6, 6.07) is 0. The number of piperazine rings is 3. The first-order valence-corrected chi connectivity index (χ1v) is 11.4. The summed E-state index contributed by atoms with van der Waals surface area (Å²) in [5.74, 6) is -0.976. The maximum atomic E-state index is 6.14. The standard InChI is InChI=1S/C20H42N6O3/c1-20(27-17-14-24-8-2-21-3-9-24,28-18-15-25-10-4-22-5-11-25)29-19-16-26-12-6-23-7-13-26/h21-23H,2-19H2,1H3. The van der Waals surface area contributed by atoms with Crippen molar-refractivity contribution in [3.63, 3.8) is 0 Å². The van der Waals surface area contributed by atoms with Gasteiger partial charge < -0.3 is 30.2 Å². The fourth-order valence-corrected chi connectivity index (χ4v) is 4.01. The third-order valence-corrected chi connectivity index (χ3v) is 5.94. The van der Waals surface area contributed by atoms with Crippen molar-refractivity contribution in [1.29, 1.82) is 0 Å². The Bertz CT molecular complexity index is 367. The molecule has 0 saturated carbocycles. The average Bonchev–Trinajstić information content (AvgIpc) is 2.76. The predicted octanol–water partition coefficient (Wildman–Crippen LogP) is -1.57. The van der Waals surface area contributed by atoms with Crippen molar-refractivity contribution in [1.82, 2.24) is 30.7 Å². The lowest BCUT2D eigenvalue weighted by Gasteiger charge is -2.34. The van der Waals surface area contributed by atoms with E-state index < -0.39 is 5.97 Å². The Kier molecular flexibility index (Phi) is 10.6. The Morgan fingerprint density at radius 3 is 1.10 bits per heavy atom. The molecule has 0 unspecified atom stereocenters. The predicted molar refractivity (Wildman–Crippen MR) is 114 cm³/mol. The van der Waals surface area contributed by atoms with Crippen LogP contribution in [0.2, 0.25) is 0 Å². The normalized spacial score (nSPS) is 23.5. The van der Waals surface area contributed by atoms with Gasteiger partial charge in [-0.3, -0.25) is 14.7 Å². The zero-order valence-electron chi connectivity index (χ0n) is 18.3. The zero-order valence-corrected chi connectivity index (χ0v) is 18.3. The largest absolute Gasteiger partial charge is 0.326 e. The highest BCUT2D eigenvalue weighted by molar-refractivity contribution is 4.70. The van der Waals surface area contributed by atoms with Crippen molar-refractivity contribution >= 4 is 0 Å². The molecule has 0 aromatic rings. The molecule has 3 aliphatic heterocycles. The molecule has 3 rings (SSSR count). The Morgan fingerprint density at radius 2 is 0.828 bits per heavy atom. The Labute approximate surface area is 176 Å². The summed E-state index contributed by atoms with van der Waals surface area (Å²) in [6.45, 7) is 19.3. The monoisotopic (exact) mass is 414 g/mol. The Morgan fingerprint density at radius 1 is 0.552 bits per heavy atom. The van der Waals surface area contributed by atoms with Gasteiger partial charge in [0.1, 0.15) is 0 Å². The topological polar surface area (TPSA) is 73.5 Å². The first-order chi connectivity index (χ1) is 14.2. The smallest absolute Gasteiger partial charge is 0.280 e. The van der Waals surface area contributed by atoms with Crippen LogP contribution in [0.25, 0.3) is 0 Å². The van der Waals surface area contributed by atoms with Gasteiger partial charge in [-0.25, -0.2) is 0 Å². The zero-order chi connectivity index (χ0) is 20.2. The molecule has 0 amide bonds. The van der Waals surface area contributed by atoms with Crippen LogP contribution in [0.15, 0.2) is 0 Å². The van der Waals surface area contributed by atoms with Crippen LogP contribution < -0.4 is 16.0 Å². The second-order valence-corrected chi connectivity index (χ2v) is 8.18. The number of hydrogen-bond donors (Lipinski definition) is 3. The fraction of sp³-hybridized carbons (Fsp3) is 1.00. The highest BCUT2D eigenvalue weighted by atomic mass is 16.9. The highest BCUT2D eigenvalue weighted by Gasteiger charge is 2.28. The lowest BCUT2D eigenvalue weighted by Crippen LogP contribution is -2.48. The van der Waals surface area contributed by atoms with E-state index in [2.05, 4.69) is 30.7 Å². The Balaban J connectivity index is 1.39. The van der Waals surface area contributed by atoms with E-state index in [1.165, 1.54) is 0 Å². The van der Waals surface area contributed by atoms with Crippen LogP contribution in [0.1, 0.15) is 6.92 Å². The molecule has 3 N–H and O–H groups in total. The van der Waals surface area contributed by atoms with Gasteiger partial charge in [-0.2, -0.15) is 0 Å². The van der Waals surface area contributed by atoms with Crippen LogP contribution in [0, 0.1) is 0 Å². The van der Waals surface area contributed by atoms with Gasteiger partial charge >= 0.3 is 0 Å². The van der Waals surface area contributed by atoms with Crippen LogP contribution >= 0.6 is 0 Å². The molecule has 3 heterocycles. The molecule has 9 nitrogen and oxygen atoms in total. The average molecular weight is 415 g/mol. The molecular formula is C20H42N6O3. The van der Waals surface area contributed by atoms with E-state index >= 15 is 0 Å². The van der Waals surface area contributed by atoms with Gasteiger partial charge in [0, 0.05) is 105 Å². The fourth-order valence-electron chi connectivity index (χ4n) is 4.01. The molecule has 3 fully saturated rings. The minimum absolute atomic E-state index is 0.623. The van der Waals surface area contributed by atoms with Crippen LogP contribution in [-0.2, 0) is 14.2 Å².